The molecule has 1 aromatic carbocycles. The largest absolute Gasteiger partial charge is 0.480 e. The van der Waals surface area contributed by atoms with E-state index in [1.807, 2.05) is 24.0 Å². The smallest absolute Gasteiger partial charge is 0.263 e. The number of nitrogens with zero attached hydrogens (tertiary/aromatic N) is 1. The molecule has 21 heavy (non-hydrogen) atoms. The number of hydrogen-bond donors (Lipinski definition) is 1. The molecule has 0 radical (unpaired) electrons. The number of ether oxygens (including phenoxy) is 1. The van der Waals surface area contributed by atoms with Crippen molar-refractivity contribution < 1.29 is 14.6 Å². The molecular weight excluding hydrogens is 290 g/mol. The van der Waals surface area contributed by atoms with Crippen LogP contribution in [0.25, 0.3) is 0 Å². The lowest BCUT2D eigenvalue weighted by atomic mass is 9.98. The van der Waals surface area contributed by atoms with Gasteiger partial charge in [0.05, 0.1) is 5.60 Å². The molecule has 0 aromatic heterocycles. The van der Waals surface area contributed by atoms with Crippen molar-refractivity contribution in [3.8, 4) is 5.75 Å². The van der Waals surface area contributed by atoms with Gasteiger partial charge >= 0.3 is 0 Å². The Morgan fingerprint density at radius 3 is 3.05 bits per heavy atom. The third-order valence-electron chi connectivity index (χ3n) is 4.35. The maximum Gasteiger partial charge on any atom is 0.263 e. The van der Waals surface area contributed by atoms with Crippen LogP contribution >= 0.6 is 11.6 Å². The molecule has 0 saturated carbocycles. The fourth-order valence-corrected chi connectivity index (χ4v) is 3.24. The van der Waals surface area contributed by atoms with E-state index in [4.69, 9.17) is 16.3 Å². The zero-order chi connectivity index (χ0) is 15.0. The summed E-state index contributed by atoms with van der Waals surface area (Å²) in [6, 6.07) is 5.45. The number of aliphatic hydroxyl groups is 1. The lowest BCUT2D eigenvalue weighted by molar-refractivity contribution is -0.138. The summed E-state index contributed by atoms with van der Waals surface area (Å²) in [7, 11) is 0. The molecule has 2 heterocycles. The normalized spacial score (nSPS) is 28.7. The van der Waals surface area contributed by atoms with E-state index in [-0.39, 0.29) is 5.91 Å². The molecule has 4 nitrogen and oxygen atoms in total. The second kappa shape index (κ2) is 5.50. The molecule has 1 saturated heterocycles. The second-order valence-electron chi connectivity index (χ2n) is 6.24. The SMILES string of the molecule is CC1(O)CCCN(C(=O)C2Cc3cc(Cl)ccc3O2)CC1. The van der Waals surface area contributed by atoms with Crippen molar-refractivity contribution >= 4 is 17.5 Å². The fourth-order valence-electron chi connectivity index (χ4n) is 3.04. The summed E-state index contributed by atoms with van der Waals surface area (Å²) in [4.78, 5) is 14.4. The maximum atomic E-state index is 12.6. The monoisotopic (exact) mass is 309 g/mol. The second-order valence-corrected chi connectivity index (χ2v) is 6.67. The van der Waals surface area contributed by atoms with Crippen LogP contribution in [0, 0.1) is 0 Å². The van der Waals surface area contributed by atoms with Gasteiger partial charge < -0.3 is 14.7 Å². The Labute approximate surface area is 129 Å². The highest BCUT2D eigenvalue weighted by Crippen LogP contribution is 2.32. The van der Waals surface area contributed by atoms with Crippen molar-refractivity contribution in [3.63, 3.8) is 0 Å². The van der Waals surface area contributed by atoms with Gasteiger partial charge in [-0.1, -0.05) is 11.6 Å². The van der Waals surface area contributed by atoms with Gasteiger partial charge in [0, 0.05) is 24.5 Å². The van der Waals surface area contributed by atoms with E-state index < -0.39 is 11.7 Å². The van der Waals surface area contributed by atoms with Crippen LogP contribution in [0.2, 0.25) is 5.02 Å². The molecule has 3 rings (SSSR count). The first-order valence-electron chi connectivity index (χ1n) is 7.41. The lowest BCUT2D eigenvalue weighted by Gasteiger charge is -2.24. The number of halogens is 1. The topological polar surface area (TPSA) is 49.8 Å². The van der Waals surface area contributed by atoms with Crippen molar-refractivity contribution in [1.82, 2.24) is 4.90 Å². The molecule has 0 spiro atoms. The molecule has 1 N–H and O–H groups in total. The van der Waals surface area contributed by atoms with Crippen LogP contribution in [-0.4, -0.2) is 40.7 Å². The Bertz CT molecular complexity index is 558. The molecule has 5 heteroatoms. The van der Waals surface area contributed by atoms with E-state index in [1.165, 1.54) is 0 Å². The van der Waals surface area contributed by atoms with Crippen LogP contribution in [0.1, 0.15) is 31.7 Å². The number of benzene rings is 1. The Kier molecular flexibility index (Phi) is 3.84. The fraction of sp³-hybridized carbons (Fsp3) is 0.562. The minimum Gasteiger partial charge on any atom is -0.480 e. The maximum absolute atomic E-state index is 12.6. The molecule has 0 aliphatic carbocycles. The van der Waals surface area contributed by atoms with E-state index in [2.05, 4.69) is 0 Å². The molecular formula is C16H20ClNO3. The van der Waals surface area contributed by atoms with E-state index in [9.17, 15) is 9.90 Å². The number of carbonyl (C=O) groups is 1. The summed E-state index contributed by atoms with van der Waals surface area (Å²) in [5.41, 5.74) is 0.324. The molecule has 0 bridgehead atoms. The highest BCUT2D eigenvalue weighted by atomic mass is 35.5. The Hall–Kier alpha value is -1.26. The summed E-state index contributed by atoms with van der Waals surface area (Å²) in [6.45, 7) is 3.11. The van der Waals surface area contributed by atoms with E-state index in [0.717, 1.165) is 24.2 Å². The predicted octanol–water partition coefficient (Wildman–Crippen LogP) is 2.41. The van der Waals surface area contributed by atoms with Crippen molar-refractivity contribution in [2.75, 3.05) is 13.1 Å². The first kappa shape index (κ1) is 14.7. The van der Waals surface area contributed by atoms with Crippen molar-refractivity contribution in [3.05, 3.63) is 28.8 Å². The van der Waals surface area contributed by atoms with Crippen LogP contribution in [0.5, 0.6) is 5.75 Å². The minimum absolute atomic E-state index is 0.0139. The molecule has 2 aliphatic rings. The van der Waals surface area contributed by atoms with Gasteiger partial charge in [-0.15, -0.1) is 0 Å². The number of amides is 1. The third-order valence-corrected chi connectivity index (χ3v) is 4.58. The lowest BCUT2D eigenvalue weighted by Crippen LogP contribution is -2.42. The van der Waals surface area contributed by atoms with Gasteiger partial charge in [-0.2, -0.15) is 0 Å². The molecule has 114 valence electrons. The van der Waals surface area contributed by atoms with Gasteiger partial charge in [0.1, 0.15) is 5.75 Å². The van der Waals surface area contributed by atoms with Gasteiger partial charge in [-0.25, -0.2) is 0 Å². The van der Waals surface area contributed by atoms with Crippen LogP contribution < -0.4 is 4.74 Å². The van der Waals surface area contributed by atoms with E-state index in [1.54, 1.807) is 6.07 Å². The first-order valence-corrected chi connectivity index (χ1v) is 7.79. The number of fused-ring (bicyclic) bond motifs is 1. The van der Waals surface area contributed by atoms with Crippen LogP contribution in [0.15, 0.2) is 18.2 Å². The number of likely N-dealkylation sites (tertiary alicyclic amines) is 1. The molecule has 2 aliphatic heterocycles. The van der Waals surface area contributed by atoms with Crippen LogP contribution in [-0.2, 0) is 11.2 Å². The Morgan fingerprint density at radius 1 is 1.43 bits per heavy atom. The highest BCUT2D eigenvalue weighted by Gasteiger charge is 2.34. The van der Waals surface area contributed by atoms with Gasteiger partial charge in [-0.05, 0) is 49.9 Å². The Balaban J connectivity index is 1.67. The van der Waals surface area contributed by atoms with Crippen molar-refractivity contribution in [2.45, 2.75) is 44.3 Å². The average molecular weight is 310 g/mol. The van der Waals surface area contributed by atoms with Crippen molar-refractivity contribution in [1.29, 1.82) is 0 Å². The summed E-state index contributed by atoms with van der Waals surface area (Å²) in [5.74, 6) is 0.764. The highest BCUT2D eigenvalue weighted by molar-refractivity contribution is 6.30. The zero-order valence-corrected chi connectivity index (χ0v) is 12.9. The minimum atomic E-state index is -0.665. The zero-order valence-electron chi connectivity index (χ0n) is 12.1. The van der Waals surface area contributed by atoms with Gasteiger partial charge in [0.15, 0.2) is 6.10 Å². The number of hydrogen-bond acceptors (Lipinski definition) is 3. The third kappa shape index (κ3) is 3.16. The summed E-state index contributed by atoms with van der Waals surface area (Å²) < 4.78 is 5.76. The summed E-state index contributed by atoms with van der Waals surface area (Å²) in [6.07, 6.45) is 2.29. The molecule has 1 amide bonds. The van der Waals surface area contributed by atoms with Crippen LogP contribution in [0.4, 0.5) is 0 Å². The summed E-state index contributed by atoms with van der Waals surface area (Å²) in [5, 5.41) is 10.8. The van der Waals surface area contributed by atoms with E-state index >= 15 is 0 Å². The first-order chi connectivity index (χ1) is 9.94. The Morgan fingerprint density at radius 2 is 2.24 bits per heavy atom. The molecule has 2 atom stereocenters. The quantitative estimate of drug-likeness (QED) is 0.866. The predicted molar refractivity (Wildman–Crippen MR) is 80.6 cm³/mol. The van der Waals surface area contributed by atoms with Gasteiger partial charge in [0.25, 0.3) is 5.91 Å². The van der Waals surface area contributed by atoms with Gasteiger partial charge in [-0.3, -0.25) is 4.79 Å². The van der Waals surface area contributed by atoms with Crippen LogP contribution in [0.3, 0.4) is 0 Å². The number of rotatable bonds is 1. The average Bonchev–Trinajstić information content (AvgIpc) is 2.75. The van der Waals surface area contributed by atoms with Crippen molar-refractivity contribution in [2.24, 2.45) is 0 Å². The molecule has 1 fully saturated rings. The van der Waals surface area contributed by atoms with E-state index in [0.29, 0.717) is 31.0 Å². The van der Waals surface area contributed by atoms with Gasteiger partial charge in [0.2, 0.25) is 0 Å². The summed E-state index contributed by atoms with van der Waals surface area (Å²) >= 11 is 5.97. The number of carbonyl (C=O) groups excluding carboxylic acids is 1. The molecule has 2 unspecified atom stereocenters. The molecule has 1 aromatic rings. The standard InChI is InChI=1S/C16H20ClNO3/c1-16(20)5-2-7-18(8-6-16)15(19)14-10-11-9-12(17)3-4-13(11)21-14/h3-4,9,14,20H,2,5-8,10H2,1H3.